The second kappa shape index (κ2) is 8.73. The van der Waals surface area contributed by atoms with Gasteiger partial charge in [0.25, 0.3) is 0 Å². The third kappa shape index (κ3) is 5.19. The van der Waals surface area contributed by atoms with Crippen LogP contribution < -0.4 is 10.2 Å². The average molecular weight is 420 g/mol. The van der Waals surface area contributed by atoms with E-state index in [1.807, 2.05) is 57.2 Å². The van der Waals surface area contributed by atoms with Gasteiger partial charge in [0.15, 0.2) is 0 Å². The van der Waals surface area contributed by atoms with Crippen LogP contribution in [0.1, 0.15) is 26.3 Å². The normalized spacial score (nSPS) is 15.5. The Morgan fingerprint density at radius 3 is 2.29 bits per heavy atom. The molecule has 0 aromatic heterocycles. The number of benzene rings is 2. The molecule has 1 aliphatic rings. The highest BCUT2D eigenvalue weighted by Gasteiger charge is 2.23. The number of hydrogen-bond acceptors (Lipinski definition) is 3. The predicted octanol–water partition coefficient (Wildman–Crippen LogP) is 5.30. The second-order valence-electron chi connectivity index (χ2n) is 8.22. The first-order chi connectivity index (χ1) is 13.2. The Morgan fingerprint density at radius 2 is 1.68 bits per heavy atom. The van der Waals surface area contributed by atoms with Gasteiger partial charge in [0, 0.05) is 48.8 Å². The van der Waals surface area contributed by atoms with Gasteiger partial charge in [-0.15, -0.1) is 0 Å². The molecule has 0 spiro atoms. The quantitative estimate of drug-likeness (QED) is 0.729. The van der Waals surface area contributed by atoms with Gasteiger partial charge in [-0.2, -0.15) is 0 Å². The SMILES string of the molecule is CC(C)(C)C(=O)Nc1ccc(N2CCN(Cc3ccccc3Cl)CC2)c(Cl)c1. The molecule has 150 valence electrons. The maximum absolute atomic E-state index is 12.2. The van der Waals surface area contributed by atoms with Crippen molar-refractivity contribution in [3.05, 3.63) is 58.1 Å². The minimum atomic E-state index is -0.441. The number of nitrogens with zero attached hydrogens (tertiary/aromatic N) is 2. The van der Waals surface area contributed by atoms with Gasteiger partial charge in [0.05, 0.1) is 10.7 Å². The van der Waals surface area contributed by atoms with E-state index in [4.69, 9.17) is 23.2 Å². The van der Waals surface area contributed by atoms with Gasteiger partial charge in [0.1, 0.15) is 0 Å². The maximum atomic E-state index is 12.2. The zero-order valence-electron chi connectivity index (χ0n) is 16.6. The van der Waals surface area contributed by atoms with Gasteiger partial charge in [0.2, 0.25) is 5.91 Å². The van der Waals surface area contributed by atoms with Crippen LogP contribution in [0.2, 0.25) is 10.0 Å². The zero-order valence-corrected chi connectivity index (χ0v) is 18.1. The molecule has 1 amide bonds. The topological polar surface area (TPSA) is 35.6 Å². The lowest BCUT2D eigenvalue weighted by molar-refractivity contribution is -0.123. The number of nitrogens with one attached hydrogen (secondary N) is 1. The van der Waals surface area contributed by atoms with Crippen molar-refractivity contribution in [3.63, 3.8) is 0 Å². The van der Waals surface area contributed by atoms with Crippen LogP contribution in [0.4, 0.5) is 11.4 Å². The summed E-state index contributed by atoms with van der Waals surface area (Å²) in [5.74, 6) is -0.0236. The molecule has 4 nitrogen and oxygen atoms in total. The number of amides is 1. The summed E-state index contributed by atoms with van der Waals surface area (Å²) in [5.41, 5.74) is 2.46. The van der Waals surface area contributed by atoms with Crippen molar-refractivity contribution in [2.45, 2.75) is 27.3 Å². The van der Waals surface area contributed by atoms with Crippen molar-refractivity contribution in [2.24, 2.45) is 5.41 Å². The van der Waals surface area contributed by atoms with Gasteiger partial charge in [-0.25, -0.2) is 0 Å². The second-order valence-corrected chi connectivity index (χ2v) is 9.04. The molecule has 1 heterocycles. The summed E-state index contributed by atoms with van der Waals surface area (Å²) in [6.45, 7) is 10.2. The molecule has 1 fully saturated rings. The molecule has 0 unspecified atom stereocenters. The molecule has 0 saturated carbocycles. The summed E-state index contributed by atoms with van der Waals surface area (Å²) in [7, 11) is 0. The van der Waals surface area contributed by atoms with Crippen molar-refractivity contribution in [3.8, 4) is 0 Å². The standard InChI is InChI=1S/C22H27Cl2N3O/c1-22(2,3)21(28)25-17-8-9-20(19(24)14-17)27-12-10-26(11-13-27)15-16-6-4-5-7-18(16)23/h4-9,14H,10-13,15H2,1-3H3,(H,25,28). The van der Waals surface area contributed by atoms with Crippen LogP contribution in [0, 0.1) is 5.41 Å². The van der Waals surface area contributed by atoms with E-state index in [2.05, 4.69) is 21.2 Å². The molecule has 3 rings (SSSR count). The Kier molecular flexibility index (Phi) is 6.54. The molecular formula is C22H27Cl2N3O. The number of anilines is 2. The first kappa shape index (κ1) is 21.0. The maximum Gasteiger partial charge on any atom is 0.229 e. The van der Waals surface area contributed by atoms with Crippen molar-refractivity contribution in [1.29, 1.82) is 0 Å². The number of rotatable bonds is 4. The molecule has 1 aliphatic heterocycles. The molecule has 0 atom stereocenters. The lowest BCUT2D eigenvalue weighted by atomic mass is 9.95. The molecule has 2 aromatic carbocycles. The highest BCUT2D eigenvalue weighted by molar-refractivity contribution is 6.33. The lowest BCUT2D eigenvalue weighted by Crippen LogP contribution is -2.46. The molecule has 0 aliphatic carbocycles. The molecule has 0 bridgehead atoms. The summed E-state index contributed by atoms with van der Waals surface area (Å²) in [5, 5.41) is 4.41. The van der Waals surface area contributed by atoms with Gasteiger partial charge in [-0.05, 0) is 29.8 Å². The Bertz CT molecular complexity index is 840. The molecule has 2 aromatic rings. The van der Waals surface area contributed by atoms with Crippen LogP contribution in [0.3, 0.4) is 0 Å². The van der Waals surface area contributed by atoms with Crippen LogP contribution in [-0.2, 0) is 11.3 Å². The fourth-order valence-corrected chi connectivity index (χ4v) is 3.67. The molecule has 6 heteroatoms. The number of carbonyl (C=O) groups excluding carboxylic acids is 1. The van der Waals surface area contributed by atoms with Crippen LogP contribution in [-0.4, -0.2) is 37.0 Å². The van der Waals surface area contributed by atoms with E-state index in [0.717, 1.165) is 54.7 Å². The first-order valence-corrected chi connectivity index (χ1v) is 10.3. The molecule has 28 heavy (non-hydrogen) atoms. The summed E-state index contributed by atoms with van der Waals surface area (Å²) in [6, 6.07) is 13.7. The van der Waals surface area contributed by atoms with Crippen LogP contribution in [0.25, 0.3) is 0 Å². The van der Waals surface area contributed by atoms with Crippen molar-refractivity contribution in [1.82, 2.24) is 4.90 Å². The highest BCUT2D eigenvalue weighted by atomic mass is 35.5. The Labute approximate surface area is 177 Å². The average Bonchev–Trinajstić information content (AvgIpc) is 2.64. The van der Waals surface area contributed by atoms with E-state index in [1.165, 1.54) is 0 Å². The number of halogens is 2. The third-order valence-electron chi connectivity index (χ3n) is 4.95. The van der Waals surface area contributed by atoms with E-state index in [9.17, 15) is 4.79 Å². The fourth-order valence-electron chi connectivity index (χ4n) is 3.17. The molecule has 0 radical (unpaired) electrons. The largest absolute Gasteiger partial charge is 0.368 e. The van der Waals surface area contributed by atoms with E-state index >= 15 is 0 Å². The monoisotopic (exact) mass is 419 g/mol. The van der Waals surface area contributed by atoms with Crippen molar-refractivity contribution in [2.75, 3.05) is 36.4 Å². The Morgan fingerprint density at radius 1 is 1.00 bits per heavy atom. The predicted molar refractivity (Wildman–Crippen MR) is 118 cm³/mol. The van der Waals surface area contributed by atoms with Crippen molar-refractivity contribution < 1.29 is 4.79 Å². The molecular weight excluding hydrogens is 393 g/mol. The van der Waals surface area contributed by atoms with Gasteiger partial charge in [-0.3, -0.25) is 9.69 Å². The zero-order chi connectivity index (χ0) is 20.3. The summed E-state index contributed by atoms with van der Waals surface area (Å²) in [4.78, 5) is 16.9. The first-order valence-electron chi connectivity index (χ1n) is 9.56. The van der Waals surface area contributed by atoms with Crippen molar-refractivity contribution >= 4 is 40.5 Å². The van der Waals surface area contributed by atoms with E-state index in [-0.39, 0.29) is 5.91 Å². The molecule has 1 N–H and O–H groups in total. The minimum absolute atomic E-state index is 0.0236. The highest BCUT2D eigenvalue weighted by Crippen LogP contribution is 2.30. The van der Waals surface area contributed by atoms with Crippen LogP contribution in [0.15, 0.2) is 42.5 Å². The van der Waals surface area contributed by atoms with Gasteiger partial charge in [-0.1, -0.05) is 62.2 Å². The van der Waals surface area contributed by atoms with E-state index in [1.54, 1.807) is 0 Å². The third-order valence-corrected chi connectivity index (χ3v) is 5.62. The van der Waals surface area contributed by atoms with E-state index < -0.39 is 5.41 Å². The van der Waals surface area contributed by atoms with Crippen LogP contribution >= 0.6 is 23.2 Å². The summed E-state index contributed by atoms with van der Waals surface area (Å²) < 4.78 is 0. The van der Waals surface area contributed by atoms with Gasteiger partial charge < -0.3 is 10.2 Å². The molecule has 1 saturated heterocycles. The van der Waals surface area contributed by atoms with Gasteiger partial charge >= 0.3 is 0 Å². The summed E-state index contributed by atoms with van der Waals surface area (Å²) in [6.07, 6.45) is 0. The van der Waals surface area contributed by atoms with Crippen LogP contribution in [0.5, 0.6) is 0 Å². The Hall–Kier alpha value is -1.75. The summed E-state index contributed by atoms with van der Waals surface area (Å²) >= 11 is 12.8. The Balaban J connectivity index is 1.60. The van der Waals surface area contributed by atoms with E-state index in [0.29, 0.717) is 5.02 Å². The number of piperazine rings is 1. The smallest absolute Gasteiger partial charge is 0.229 e. The fraction of sp³-hybridized carbons (Fsp3) is 0.409. The minimum Gasteiger partial charge on any atom is -0.368 e. The lowest BCUT2D eigenvalue weighted by Gasteiger charge is -2.36. The number of hydrogen-bond donors (Lipinski definition) is 1. The number of carbonyl (C=O) groups is 1.